The van der Waals surface area contributed by atoms with Crippen LogP contribution < -0.4 is 20.3 Å². The van der Waals surface area contributed by atoms with Crippen LogP contribution in [0.1, 0.15) is 39.5 Å². The van der Waals surface area contributed by atoms with E-state index in [-0.39, 0.29) is 24.1 Å². The van der Waals surface area contributed by atoms with Crippen molar-refractivity contribution >= 4 is 16.8 Å². The number of benzene rings is 1. The Morgan fingerprint density at radius 3 is 2.72 bits per heavy atom. The minimum atomic E-state index is -0.322. The molecule has 1 fully saturated rings. The molecule has 0 aliphatic carbocycles. The Balaban J connectivity index is 1.61. The lowest BCUT2D eigenvalue weighted by molar-refractivity contribution is -0.122. The van der Waals surface area contributed by atoms with Crippen LogP contribution in [0.25, 0.3) is 22.3 Å². The largest absolute Gasteiger partial charge is 0.497 e. The van der Waals surface area contributed by atoms with E-state index in [4.69, 9.17) is 14.5 Å². The Kier molecular flexibility index (Phi) is 8.53. The number of rotatable bonds is 10. The van der Waals surface area contributed by atoms with Crippen molar-refractivity contribution in [1.82, 2.24) is 24.8 Å². The first-order valence-corrected chi connectivity index (χ1v) is 12.6. The fraction of sp³-hybridized carbons (Fsp3) is 0.481. The fourth-order valence-electron chi connectivity index (χ4n) is 4.47. The van der Waals surface area contributed by atoms with Crippen molar-refractivity contribution in [3.63, 3.8) is 0 Å². The van der Waals surface area contributed by atoms with Crippen molar-refractivity contribution in [2.75, 3.05) is 33.4 Å². The molecule has 9 heteroatoms. The molecular formula is C27H35N5O4. The number of aromatic nitrogens is 3. The molecule has 3 aromatic rings. The molecule has 1 amide bonds. The van der Waals surface area contributed by atoms with Gasteiger partial charge in [0.15, 0.2) is 0 Å². The Bertz CT molecular complexity index is 1250. The van der Waals surface area contributed by atoms with Crippen LogP contribution >= 0.6 is 0 Å². The highest BCUT2D eigenvalue weighted by molar-refractivity contribution is 5.82. The number of ether oxygens (including phenoxy) is 2. The summed E-state index contributed by atoms with van der Waals surface area (Å²) in [5.74, 6) is 1.13. The summed E-state index contributed by atoms with van der Waals surface area (Å²) < 4.78 is 12.6. The summed E-state index contributed by atoms with van der Waals surface area (Å²) in [6, 6.07) is 8.84. The van der Waals surface area contributed by atoms with Crippen LogP contribution in [0.5, 0.6) is 11.6 Å². The highest BCUT2D eigenvalue weighted by atomic mass is 16.5. The van der Waals surface area contributed by atoms with Gasteiger partial charge in [-0.1, -0.05) is 18.6 Å². The Labute approximate surface area is 211 Å². The Hall–Kier alpha value is -3.46. The number of pyridine rings is 1. The molecule has 4 rings (SSSR count). The third-order valence-corrected chi connectivity index (χ3v) is 6.21. The second-order valence-electron chi connectivity index (χ2n) is 9.42. The standard InChI is InChI=1S/C27H35N5O4/c1-19(2)29-24(33)18-32-26(20-9-7-10-21(15-20)35-3)30-23-17-28-25(16-22(23)27(32)34)36-14-8-13-31-11-5-4-6-12-31/h7,9-10,15-17,19H,4-6,8,11-14,18H2,1-3H3,(H,29,33). The zero-order valence-corrected chi connectivity index (χ0v) is 21.3. The molecule has 0 saturated carbocycles. The molecular weight excluding hydrogens is 458 g/mol. The van der Waals surface area contributed by atoms with E-state index in [9.17, 15) is 9.59 Å². The zero-order chi connectivity index (χ0) is 25.5. The van der Waals surface area contributed by atoms with E-state index in [2.05, 4.69) is 15.2 Å². The van der Waals surface area contributed by atoms with Crippen molar-refractivity contribution in [2.45, 2.75) is 52.1 Å². The number of carbonyl (C=O) groups is 1. The highest BCUT2D eigenvalue weighted by Crippen LogP contribution is 2.24. The number of amides is 1. The van der Waals surface area contributed by atoms with Gasteiger partial charge in [-0.3, -0.25) is 14.2 Å². The second kappa shape index (κ2) is 12.0. The summed E-state index contributed by atoms with van der Waals surface area (Å²) in [5, 5.41) is 3.21. The fourth-order valence-corrected chi connectivity index (χ4v) is 4.47. The van der Waals surface area contributed by atoms with Gasteiger partial charge in [0.1, 0.15) is 18.1 Å². The number of nitrogens with one attached hydrogen (secondary N) is 1. The molecule has 0 spiro atoms. The van der Waals surface area contributed by atoms with Gasteiger partial charge in [0.25, 0.3) is 5.56 Å². The smallest absolute Gasteiger partial charge is 0.262 e. The lowest BCUT2D eigenvalue weighted by atomic mass is 10.1. The van der Waals surface area contributed by atoms with Gasteiger partial charge in [-0.25, -0.2) is 9.97 Å². The number of hydrogen-bond acceptors (Lipinski definition) is 7. The van der Waals surface area contributed by atoms with Crippen molar-refractivity contribution in [2.24, 2.45) is 0 Å². The van der Waals surface area contributed by atoms with Crippen LogP contribution in [-0.2, 0) is 11.3 Å². The van der Waals surface area contributed by atoms with Crippen molar-refractivity contribution in [3.8, 4) is 23.0 Å². The molecule has 0 unspecified atom stereocenters. The van der Waals surface area contributed by atoms with Crippen LogP contribution in [0.4, 0.5) is 0 Å². The molecule has 0 bridgehead atoms. The summed E-state index contributed by atoms with van der Waals surface area (Å²) in [6.07, 6.45) is 6.29. The number of hydrogen-bond donors (Lipinski definition) is 1. The maximum atomic E-state index is 13.6. The molecule has 1 saturated heterocycles. The van der Waals surface area contributed by atoms with E-state index in [0.29, 0.717) is 40.5 Å². The molecule has 3 heterocycles. The number of carbonyl (C=O) groups excluding carboxylic acids is 1. The predicted molar refractivity (Wildman–Crippen MR) is 139 cm³/mol. The molecule has 1 aliphatic heterocycles. The van der Waals surface area contributed by atoms with Crippen molar-refractivity contribution in [1.29, 1.82) is 0 Å². The molecule has 1 N–H and O–H groups in total. The van der Waals surface area contributed by atoms with Crippen LogP contribution in [0.2, 0.25) is 0 Å². The molecule has 9 nitrogen and oxygen atoms in total. The molecule has 0 atom stereocenters. The zero-order valence-electron chi connectivity index (χ0n) is 21.3. The summed E-state index contributed by atoms with van der Waals surface area (Å²) in [4.78, 5) is 37.8. The molecule has 2 aromatic heterocycles. The SMILES string of the molecule is COc1cccc(-c2nc3cnc(OCCCN4CCCCC4)cc3c(=O)n2CC(=O)NC(C)C)c1. The number of piperidine rings is 1. The maximum absolute atomic E-state index is 13.6. The van der Waals surface area contributed by atoms with Gasteiger partial charge in [0, 0.05) is 24.2 Å². The van der Waals surface area contributed by atoms with Gasteiger partial charge in [-0.05, 0) is 58.3 Å². The van der Waals surface area contributed by atoms with E-state index < -0.39 is 0 Å². The minimum Gasteiger partial charge on any atom is -0.497 e. The number of fused-ring (bicyclic) bond motifs is 1. The quantitative estimate of drug-likeness (QED) is 0.433. The molecule has 36 heavy (non-hydrogen) atoms. The van der Waals surface area contributed by atoms with E-state index in [1.165, 1.54) is 23.8 Å². The van der Waals surface area contributed by atoms with Crippen molar-refractivity contribution < 1.29 is 14.3 Å². The summed E-state index contributed by atoms with van der Waals surface area (Å²) in [7, 11) is 1.58. The topological polar surface area (TPSA) is 98.6 Å². The first-order chi connectivity index (χ1) is 17.4. The molecule has 1 aliphatic rings. The average molecular weight is 494 g/mol. The van der Waals surface area contributed by atoms with Crippen LogP contribution in [0.3, 0.4) is 0 Å². The van der Waals surface area contributed by atoms with Gasteiger partial charge in [0.05, 0.1) is 30.8 Å². The summed E-state index contributed by atoms with van der Waals surface area (Å²) >= 11 is 0. The minimum absolute atomic E-state index is 0.0453. The first kappa shape index (κ1) is 25.6. The molecule has 1 aromatic carbocycles. The number of likely N-dealkylation sites (tertiary alicyclic amines) is 1. The van der Waals surface area contributed by atoms with Crippen LogP contribution in [-0.4, -0.2) is 64.7 Å². The van der Waals surface area contributed by atoms with Gasteiger partial charge in [-0.2, -0.15) is 0 Å². The normalized spacial score (nSPS) is 14.2. The lowest BCUT2D eigenvalue weighted by Gasteiger charge is -2.26. The predicted octanol–water partition coefficient (Wildman–Crippen LogP) is 3.25. The van der Waals surface area contributed by atoms with E-state index >= 15 is 0 Å². The van der Waals surface area contributed by atoms with Gasteiger partial charge >= 0.3 is 0 Å². The van der Waals surface area contributed by atoms with Gasteiger partial charge in [0.2, 0.25) is 11.8 Å². The summed E-state index contributed by atoms with van der Waals surface area (Å²) in [5.41, 5.74) is 0.792. The highest BCUT2D eigenvalue weighted by Gasteiger charge is 2.18. The van der Waals surface area contributed by atoms with Crippen LogP contribution in [0, 0.1) is 0 Å². The van der Waals surface area contributed by atoms with E-state index in [1.54, 1.807) is 25.4 Å². The van der Waals surface area contributed by atoms with E-state index in [0.717, 1.165) is 26.1 Å². The monoisotopic (exact) mass is 493 g/mol. The van der Waals surface area contributed by atoms with Gasteiger partial charge < -0.3 is 19.7 Å². The molecule has 0 radical (unpaired) electrons. The Morgan fingerprint density at radius 2 is 1.97 bits per heavy atom. The maximum Gasteiger partial charge on any atom is 0.262 e. The number of nitrogens with zero attached hydrogens (tertiary/aromatic N) is 4. The Morgan fingerprint density at radius 1 is 1.17 bits per heavy atom. The van der Waals surface area contributed by atoms with E-state index in [1.807, 2.05) is 32.0 Å². The lowest BCUT2D eigenvalue weighted by Crippen LogP contribution is -2.37. The van der Waals surface area contributed by atoms with Gasteiger partial charge in [-0.15, -0.1) is 0 Å². The average Bonchev–Trinajstić information content (AvgIpc) is 2.88. The third kappa shape index (κ3) is 6.40. The van der Waals surface area contributed by atoms with Crippen molar-refractivity contribution in [3.05, 3.63) is 46.9 Å². The van der Waals surface area contributed by atoms with Crippen LogP contribution in [0.15, 0.2) is 41.3 Å². The molecule has 192 valence electrons. The summed E-state index contributed by atoms with van der Waals surface area (Å²) in [6.45, 7) is 7.43. The number of methoxy groups -OCH3 is 1. The second-order valence-corrected chi connectivity index (χ2v) is 9.42. The third-order valence-electron chi connectivity index (χ3n) is 6.21. The first-order valence-electron chi connectivity index (χ1n) is 12.6.